The zero-order valence-electron chi connectivity index (χ0n) is 14.6. The zero-order chi connectivity index (χ0) is 18.4. The normalized spacial score (nSPS) is 31.8. The molecule has 2 amide bonds. The Balaban J connectivity index is 2.11. The fourth-order valence-electron chi connectivity index (χ4n) is 4.22. The van der Waals surface area contributed by atoms with Crippen molar-refractivity contribution in [1.82, 2.24) is 15.2 Å². The van der Waals surface area contributed by atoms with Gasteiger partial charge in [-0.05, 0) is 18.8 Å². The molecular formula is C17H23N3O4S. The van der Waals surface area contributed by atoms with E-state index < -0.39 is 29.4 Å². The van der Waals surface area contributed by atoms with Crippen LogP contribution in [0, 0.1) is 17.8 Å². The van der Waals surface area contributed by atoms with Gasteiger partial charge in [0.05, 0.1) is 17.9 Å². The number of carboxylic acid groups (broad SMARTS) is 1. The van der Waals surface area contributed by atoms with Crippen molar-refractivity contribution in [2.75, 3.05) is 6.54 Å². The van der Waals surface area contributed by atoms with Crippen molar-refractivity contribution in [3.8, 4) is 0 Å². The number of nitrogens with zero attached hydrogens (tertiary/aromatic N) is 2. The van der Waals surface area contributed by atoms with Crippen LogP contribution in [0.3, 0.4) is 0 Å². The van der Waals surface area contributed by atoms with Gasteiger partial charge in [0.2, 0.25) is 11.8 Å². The highest BCUT2D eigenvalue weighted by Gasteiger charge is 2.68. The Morgan fingerprint density at radius 1 is 1.44 bits per heavy atom. The molecule has 136 valence electrons. The van der Waals surface area contributed by atoms with Crippen LogP contribution in [-0.4, -0.2) is 44.9 Å². The molecule has 25 heavy (non-hydrogen) atoms. The summed E-state index contributed by atoms with van der Waals surface area (Å²) < 4.78 is 0. The number of likely N-dealkylation sites (tertiary alicyclic amines) is 1. The van der Waals surface area contributed by atoms with Gasteiger partial charge in [0, 0.05) is 18.1 Å². The zero-order valence-corrected chi connectivity index (χ0v) is 15.4. The molecule has 2 fully saturated rings. The molecule has 2 saturated heterocycles. The number of hydrogen-bond donors (Lipinski definition) is 2. The number of imide groups is 1. The summed E-state index contributed by atoms with van der Waals surface area (Å²) >= 11 is 1.37. The number of nitrogens with one attached hydrogen (secondary N) is 1. The summed E-state index contributed by atoms with van der Waals surface area (Å²) in [5.41, 5.74) is -1.44. The molecule has 2 N–H and O–H groups in total. The molecule has 3 rings (SSSR count). The summed E-state index contributed by atoms with van der Waals surface area (Å²) in [5.74, 6) is -3.26. The largest absolute Gasteiger partial charge is 0.480 e. The number of carbonyl (C=O) groups excluding carboxylic acids is 2. The van der Waals surface area contributed by atoms with E-state index in [2.05, 4.69) is 10.3 Å². The van der Waals surface area contributed by atoms with E-state index in [1.807, 2.05) is 20.8 Å². The molecular weight excluding hydrogens is 342 g/mol. The summed E-state index contributed by atoms with van der Waals surface area (Å²) in [5, 5.41) is 15.6. The molecule has 8 heteroatoms. The summed E-state index contributed by atoms with van der Waals surface area (Å²) in [6.07, 6.45) is 2.56. The number of fused-ring (bicyclic) bond motifs is 1. The highest BCUT2D eigenvalue weighted by molar-refractivity contribution is 7.09. The Morgan fingerprint density at radius 2 is 2.16 bits per heavy atom. The number of carbonyl (C=O) groups is 3. The molecule has 3 heterocycles. The maximum absolute atomic E-state index is 13.0. The van der Waals surface area contributed by atoms with Gasteiger partial charge in [0.15, 0.2) is 0 Å². The van der Waals surface area contributed by atoms with Crippen molar-refractivity contribution < 1.29 is 19.5 Å². The Bertz CT molecular complexity index is 690. The number of hydrogen-bond acceptors (Lipinski definition) is 6. The average Bonchev–Trinajstić information content (AvgIpc) is 3.21. The van der Waals surface area contributed by atoms with Gasteiger partial charge in [0.25, 0.3) is 0 Å². The fourth-order valence-corrected chi connectivity index (χ4v) is 4.96. The molecule has 1 aromatic heterocycles. The van der Waals surface area contributed by atoms with E-state index in [9.17, 15) is 19.5 Å². The van der Waals surface area contributed by atoms with Crippen LogP contribution in [0.1, 0.15) is 44.7 Å². The van der Waals surface area contributed by atoms with Gasteiger partial charge in [-0.15, -0.1) is 11.3 Å². The Morgan fingerprint density at radius 3 is 2.68 bits per heavy atom. The number of rotatable bonds is 6. The van der Waals surface area contributed by atoms with Crippen LogP contribution >= 0.6 is 11.3 Å². The first-order valence-corrected chi connectivity index (χ1v) is 9.47. The SMILES string of the molecule is CCCN1C(=O)[C@H]2[C@@H](C1=O)[C@@](CC(C)C)(C(=O)O)N[C@H]2c1nccs1. The van der Waals surface area contributed by atoms with Crippen LogP contribution in [0.2, 0.25) is 0 Å². The second-order valence-corrected chi connectivity index (χ2v) is 8.12. The van der Waals surface area contributed by atoms with Crippen LogP contribution in [0.15, 0.2) is 11.6 Å². The third kappa shape index (κ3) is 2.67. The third-order valence-corrected chi connectivity index (χ3v) is 5.88. The van der Waals surface area contributed by atoms with E-state index in [0.717, 1.165) is 0 Å². The molecule has 0 saturated carbocycles. The second-order valence-electron chi connectivity index (χ2n) is 7.20. The molecule has 2 aliphatic heterocycles. The molecule has 4 atom stereocenters. The van der Waals surface area contributed by atoms with Gasteiger partial charge < -0.3 is 5.11 Å². The van der Waals surface area contributed by atoms with Crippen molar-refractivity contribution in [3.05, 3.63) is 16.6 Å². The molecule has 7 nitrogen and oxygen atoms in total. The second kappa shape index (κ2) is 6.49. The molecule has 0 unspecified atom stereocenters. The van der Waals surface area contributed by atoms with E-state index >= 15 is 0 Å². The van der Waals surface area contributed by atoms with Gasteiger partial charge in [-0.25, -0.2) is 4.98 Å². The minimum Gasteiger partial charge on any atom is -0.480 e. The Hall–Kier alpha value is -1.80. The molecule has 0 spiro atoms. The smallest absolute Gasteiger partial charge is 0.324 e. The maximum Gasteiger partial charge on any atom is 0.324 e. The minimum absolute atomic E-state index is 0.0578. The topological polar surface area (TPSA) is 99.6 Å². The Labute approximate surface area is 150 Å². The fraction of sp³-hybridized carbons (Fsp3) is 0.647. The van der Waals surface area contributed by atoms with E-state index in [0.29, 0.717) is 18.0 Å². The van der Waals surface area contributed by atoms with Crippen molar-refractivity contribution in [3.63, 3.8) is 0 Å². The first-order valence-electron chi connectivity index (χ1n) is 8.59. The third-order valence-electron chi connectivity index (χ3n) is 5.02. The van der Waals surface area contributed by atoms with E-state index in [-0.39, 0.29) is 24.2 Å². The van der Waals surface area contributed by atoms with Gasteiger partial charge in [-0.3, -0.25) is 24.6 Å². The predicted molar refractivity (Wildman–Crippen MR) is 91.8 cm³/mol. The minimum atomic E-state index is -1.44. The van der Waals surface area contributed by atoms with Crippen LogP contribution in [-0.2, 0) is 14.4 Å². The first kappa shape index (κ1) is 18.0. The number of aromatic nitrogens is 1. The van der Waals surface area contributed by atoms with Crippen LogP contribution < -0.4 is 5.32 Å². The molecule has 2 aliphatic rings. The average molecular weight is 365 g/mol. The van der Waals surface area contributed by atoms with Crippen molar-refractivity contribution in [1.29, 1.82) is 0 Å². The Kier molecular flexibility index (Phi) is 4.68. The van der Waals surface area contributed by atoms with Gasteiger partial charge >= 0.3 is 5.97 Å². The van der Waals surface area contributed by atoms with E-state index in [1.54, 1.807) is 11.6 Å². The first-order chi connectivity index (χ1) is 11.8. The monoisotopic (exact) mass is 365 g/mol. The summed E-state index contributed by atoms with van der Waals surface area (Å²) in [4.78, 5) is 43.7. The van der Waals surface area contributed by atoms with Crippen molar-refractivity contribution in [2.45, 2.75) is 45.2 Å². The highest BCUT2D eigenvalue weighted by atomic mass is 32.1. The molecule has 0 aromatic carbocycles. The van der Waals surface area contributed by atoms with E-state index in [1.165, 1.54) is 16.2 Å². The standard InChI is InChI=1S/C17H23N3O4S/c1-4-6-20-14(21)10-11(15(20)22)17(16(23)24,8-9(2)3)19-12(10)13-18-5-7-25-13/h5,7,9-12,19H,4,6,8H2,1-3H3,(H,23,24)/t10-,11-,12+,17-/m0/s1. The lowest BCUT2D eigenvalue weighted by molar-refractivity contribution is -0.152. The summed E-state index contributed by atoms with van der Waals surface area (Å²) in [6, 6.07) is -0.543. The lowest BCUT2D eigenvalue weighted by Crippen LogP contribution is -2.56. The number of thiazole rings is 1. The lowest BCUT2D eigenvalue weighted by Gasteiger charge is -2.32. The van der Waals surface area contributed by atoms with E-state index in [4.69, 9.17) is 0 Å². The number of aliphatic carboxylic acids is 1. The molecule has 1 aromatic rings. The van der Waals surface area contributed by atoms with Crippen LogP contribution in [0.25, 0.3) is 0 Å². The number of amides is 2. The molecule has 0 aliphatic carbocycles. The maximum atomic E-state index is 13.0. The predicted octanol–water partition coefficient (Wildman–Crippen LogP) is 1.67. The van der Waals surface area contributed by atoms with Gasteiger partial charge in [-0.1, -0.05) is 20.8 Å². The van der Waals surface area contributed by atoms with Gasteiger partial charge in [0.1, 0.15) is 10.5 Å². The van der Waals surface area contributed by atoms with Gasteiger partial charge in [-0.2, -0.15) is 0 Å². The summed E-state index contributed by atoms with van der Waals surface area (Å²) in [7, 11) is 0. The van der Waals surface area contributed by atoms with Crippen molar-refractivity contribution >= 4 is 29.1 Å². The van der Waals surface area contributed by atoms with Crippen LogP contribution in [0.5, 0.6) is 0 Å². The lowest BCUT2D eigenvalue weighted by atomic mass is 9.75. The molecule has 0 radical (unpaired) electrons. The number of carboxylic acids is 1. The highest BCUT2D eigenvalue weighted by Crippen LogP contribution is 2.51. The quantitative estimate of drug-likeness (QED) is 0.744. The summed E-state index contributed by atoms with van der Waals surface area (Å²) in [6.45, 7) is 6.06. The molecule has 0 bridgehead atoms. The van der Waals surface area contributed by atoms with Crippen LogP contribution in [0.4, 0.5) is 0 Å². The van der Waals surface area contributed by atoms with Crippen molar-refractivity contribution in [2.24, 2.45) is 17.8 Å².